The molecule has 3 rings (SSSR count). The first-order valence-corrected chi connectivity index (χ1v) is 8.82. The Kier molecular flexibility index (Phi) is 4.94. The van der Waals surface area contributed by atoms with E-state index < -0.39 is 0 Å². The molecule has 0 bridgehead atoms. The van der Waals surface area contributed by atoms with Crippen LogP contribution in [0.3, 0.4) is 0 Å². The van der Waals surface area contributed by atoms with Crippen molar-refractivity contribution in [3.05, 3.63) is 70.4 Å². The molecule has 0 spiro atoms. The van der Waals surface area contributed by atoms with E-state index in [4.69, 9.17) is 4.52 Å². The Morgan fingerprint density at radius 2 is 1.73 bits per heavy atom. The molecule has 0 aliphatic heterocycles. The Balaban J connectivity index is 1.90. The number of carbonyl (C=O) groups is 1. The van der Waals surface area contributed by atoms with Crippen molar-refractivity contribution in [3.63, 3.8) is 0 Å². The van der Waals surface area contributed by atoms with Crippen LogP contribution in [0.1, 0.15) is 52.5 Å². The lowest BCUT2D eigenvalue weighted by Crippen LogP contribution is -2.13. The summed E-state index contributed by atoms with van der Waals surface area (Å²) in [6.07, 6.45) is 0. The molecule has 134 valence electrons. The molecule has 0 saturated carbocycles. The monoisotopic (exact) mass is 348 g/mol. The predicted octanol–water partition coefficient (Wildman–Crippen LogP) is 5.64. The summed E-state index contributed by atoms with van der Waals surface area (Å²) in [5, 5.41) is 6.97. The number of rotatable bonds is 4. The van der Waals surface area contributed by atoms with Crippen LogP contribution in [0.4, 0.5) is 5.69 Å². The van der Waals surface area contributed by atoms with Crippen molar-refractivity contribution in [2.45, 2.75) is 40.5 Å². The Bertz CT molecular complexity index is 937. The smallest absolute Gasteiger partial charge is 0.261 e. The molecule has 4 heteroatoms. The van der Waals surface area contributed by atoms with Crippen molar-refractivity contribution in [3.8, 4) is 11.3 Å². The van der Waals surface area contributed by atoms with Gasteiger partial charge in [-0.3, -0.25) is 4.79 Å². The zero-order valence-electron chi connectivity index (χ0n) is 15.9. The molecule has 26 heavy (non-hydrogen) atoms. The molecule has 0 saturated heterocycles. The van der Waals surface area contributed by atoms with E-state index in [0.717, 1.165) is 16.8 Å². The quantitative estimate of drug-likeness (QED) is 0.663. The largest absolute Gasteiger partial charge is 0.355 e. The van der Waals surface area contributed by atoms with Crippen LogP contribution in [0.15, 0.2) is 47.0 Å². The molecule has 0 aliphatic rings. The van der Waals surface area contributed by atoms with E-state index in [-0.39, 0.29) is 5.91 Å². The third-order valence-corrected chi connectivity index (χ3v) is 4.55. The van der Waals surface area contributed by atoms with Gasteiger partial charge in [-0.2, -0.15) is 0 Å². The van der Waals surface area contributed by atoms with Gasteiger partial charge in [0, 0.05) is 11.3 Å². The van der Waals surface area contributed by atoms with Crippen LogP contribution >= 0.6 is 0 Å². The summed E-state index contributed by atoms with van der Waals surface area (Å²) in [6.45, 7) is 10.2. The molecule has 0 aliphatic carbocycles. The maximum atomic E-state index is 12.9. The average molecular weight is 348 g/mol. The van der Waals surface area contributed by atoms with Gasteiger partial charge in [-0.1, -0.05) is 54.9 Å². The first-order valence-electron chi connectivity index (χ1n) is 8.82. The maximum absolute atomic E-state index is 12.9. The number of nitrogens with one attached hydrogen (secondary N) is 1. The third-order valence-electron chi connectivity index (χ3n) is 4.55. The first-order chi connectivity index (χ1) is 12.4. The molecule has 1 aromatic heterocycles. The summed E-state index contributed by atoms with van der Waals surface area (Å²) in [5.74, 6) is 0.736. The standard InChI is InChI=1S/C22H24N2O2/c1-13(2)19-11-10-18(12-15(19)4)23-22(25)20-16(5)24-26-21(20)17-8-6-14(3)7-9-17/h6-13H,1-5H3,(H,23,25). The highest BCUT2D eigenvalue weighted by Crippen LogP contribution is 2.28. The van der Waals surface area contributed by atoms with E-state index in [0.29, 0.717) is 22.9 Å². The average Bonchev–Trinajstić information content (AvgIpc) is 2.97. The molecule has 1 amide bonds. The summed E-state index contributed by atoms with van der Waals surface area (Å²) in [5.41, 5.74) is 6.26. The van der Waals surface area contributed by atoms with Gasteiger partial charge < -0.3 is 9.84 Å². The number of benzene rings is 2. The van der Waals surface area contributed by atoms with Gasteiger partial charge in [0.1, 0.15) is 5.56 Å². The van der Waals surface area contributed by atoms with Crippen LogP contribution in [0, 0.1) is 20.8 Å². The Hall–Kier alpha value is -2.88. The zero-order chi connectivity index (χ0) is 18.8. The van der Waals surface area contributed by atoms with E-state index in [9.17, 15) is 4.79 Å². The number of anilines is 1. The molecule has 1 N–H and O–H groups in total. The molecule has 0 radical (unpaired) electrons. The highest BCUT2D eigenvalue weighted by Gasteiger charge is 2.22. The number of hydrogen-bond donors (Lipinski definition) is 1. The lowest BCUT2D eigenvalue weighted by atomic mass is 9.97. The van der Waals surface area contributed by atoms with Crippen LogP contribution in [-0.4, -0.2) is 11.1 Å². The molecule has 0 unspecified atom stereocenters. The normalized spacial score (nSPS) is 11.0. The summed E-state index contributed by atoms with van der Waals surface area (Å²) in [6, 6.07) is 13.9. The van der Waals surface area contributed by atoms with Crippen LogP contribution in [0.2, 0.25) is 0 Å². The molecular weight excluding hydrogens is 324 g/mol. The minimum absolute atomic E-state index is 0.212. The Labute approximate surface area is 154 Å². The fraction of sp³-hybridized carbons (Fsp3) is 0.273. The molecule has 1 heterocycles. The number of hydrogen-bond acceptors (Lipinski definition) is 3. The first kappa shape index (κ1) is 17.9. The number of aryl methyl sites for hydroxylation is 3. The van der Waals surface area contributed by atoms with E-state index in [1.807, 2.05) is 43.3 Å². The van der Waals surface area contributed by atoms with Crippen molar-refractivity contribution in [2.75, 3.05) is 5.32 Å². The van der Waals surface area contributed by atoms with Gasteiger partial charge in [0.15, 0.2) is 5.76 Å². The van der Waals surface area contributed by atoms with Crippen LogP contribution in [0.25, 0.3) is 11.3 Å². The summed E-state index contributed by atoms with van der Waals surface area (Å²) >= 11 is 0. The van der Waals surface area contributed by atoms with Gasteiger partial charge in [-0.05, 0) is 49.9 Å². The minimum Gasteiger partial charge on any atom is -0.355 e. The number of amides is 1. The highest BCUT2D eigenvalue weighted by molar-refractivity contribution is 6.08. The van der Waals surface area contributed by atoms with E-state index in [1.54, 1.807) is 6.92 Å². The van der Waals surface area contributed by atoms with Crippen LogP contribution in [-0.2, 0) is 0 Å². The lowest BCUT2D eigenvalue weighted by molar-refractivity contribution is 0.102. The van der Waals surface area contributed by atoms with E-state index in [2.05, 4.69) is 37.3 Å². The van der Waals surface area contributed by atoms with Crippen molar-refractivity contribution in [1.82, 2.24) is 5.16 Å². The van der Waals surface area contributed by atoms with Gasteiger partial charge in [0.25, 0.3) is 5.91 Å². The second-order valence-corrected chi connectivity index (χ2v) is 7.02. The van der Waals surface area contributed by atoms with Gasteiger partial charge in [-0.15, -0.1) is 0 Å². The second-order valence-electron chi connectivity index (χ2n) is 7.02. The van der Waals surface area contributed by atoms with Crippen molar-refractivity contribution >= 4 is 11.6 Å². The lowest BCUT2D eigenvalue weighted by Gasteiger charge is -2.12. The Morgan fingerprint density at radius 3 is 2.35 bits per heavy atom. The number of nitrogens with zero attached hydrogens (tertiary/aromatic N) is 1. The fourth-order valence-corrected chi connectivity index (χ4v) is 3.13. The third kappa shape index (κ3) is 3.54. The number of aromatic nitrogens is 1. The fourth-order valence-electron chi connectivity index (χ4n) is 3.13. The van der Waals surface area contributed by atoms with Gasteiger partial charge in [-0.25, -0.2) is 0 Å². The summed E-state index contributed by atoms with van der Waals surface area (Å²) in [7, 11) is 0. The molecule has 2 aromatic carbocycles. The van der Waals surface area contributed by atoms with E-state index in [1.165, 1.54) is 11.1 Å². The predicted molar refractivity (Wildman–Crippen MR) is 105 cm³/mol. The van der Waals surface area contributed by atoms with Gasteiger partial charge in [0.2, 0.25) is 0 Å². The molecule has 0 atom stereocenters. The van der Waals surface area contributed by atoms with Gasteiger partial charge >= 0.3 is 0 Å². The minimum atomic E-state index is -0.212. The van der Waals surface area contributed by atoms with Crippen molar-refractivity contribution < 1.29 is 9.32 Å². The summed E-state index contributed by atoms with van der Waals surface area (Å²) in [4.78, 5) is 12.9. The van der Waals surface area contributed by atoms with Gasteiger partial charge in [0.05, 0.1) is 5.69 Å². The number of carbonyl (C=O) groups excluding carboxylic acids is 1. The van der Waals surface area contributed by atoms with Crippen LogP contribution < -0.4 is 5.32 Å². The van der Waals surface area contributed by atoms with Crippen LogP contribution in [0.5, 0.6) is 0 Å². The summed E-state index contributed by atoms with van der Waals surface area (Å²) < 4.78 is 5.44. The molecule has 4 nitrogen and oxygen atoms in total. The van der Waals surface area contributed by atoms with E-state index >= 15 is 0 Å². The molecule has 3 aromatic rings. The molecule has 0 fully saturated rings. The van der Waals surface area contributed by atoms with Crippen molar-refractivity contribution in [1.29, 1.82) is 0 Å². The maximum Gasteiger partial charge on any atom is 0.261 e. The second kappa shape index (κ2) is 7.16. The van der Waals surface area contributed by atoms with Crippen molar-refractivity contribution in [2.24, 2.45) is 0 Å². The zero-order valence-corrected chi connectivity index (χ0v) is 15.9. The topological polar surface area (TPSA) is 55.1 Å². The highest BCUT2D eigenvalue weighted by atomic mass is 16.5. The SMILES string of the molecule is Cc1ccc(-c2onc(C)c2C(=O)Nc2ccc(C(C)C)c(C)c2)cc1. The Morgan fingerprint density at radius 1 is 1.04 bits per heavy atom. The molecular formula is C22H24N2O2.